The minimum Gasteiger partial charge on any atom is -0.367 e. The van der Waals surface area contributed by atoms with Crippen molar-refractivity contribution in [2.24, 2.45) is 5.92 Å². The fraction of sp³-hybridized carbons (Fsp3) is 0.778. The Morgan fingerprint density at radius 3 is 2.69 bits per heavy atom. The number of aromatic nitrogens is 3. The van der Waals surface area contributed by atoms with Gasteiger partial charge in [0, 0.05) is 6.42 Å². The molecule has 1 aliphatic carbocycles. The van der Waals surface area contributed by atoms with E-state index in [-0.39, 0.29) is 0 Å². The first-order valence-corrected chi connectivity index (χ1v) is 5.01. The maximum atomic E-state index is 5.43. The van der Waals surface area contributed by atoms with Gasteiger partial charge in [-0.1, -0.05) is 32.1 Å². The molecule has 4 heteroatoms. The monoisotopic (exact) mass is 180 g/mol. The van der Waals surface area contributed by atoms with E-state index in [9.17, 15) is 0 Å². The molecule has 1 aromatic rings. The molecule has 1 fully saturated rings. The lowest BCUT2D eigenvalue weighted by Crippen LogP contribution is -2.10. The van der Waals surface area contributed by atoms with Crippen LogP contribution in [0.3, 0.4) is 0 Å². The van der Waals surface area contributed by atoms with E-state index in [0.29, 0.717) is 5.95 Å². The molecule has 1 aliphatic rings. The van der Waals surface area contributed by atoms with E-state index in [2.05, 4.69) is 15.2 Å². The van der Waals surface area contributed by atoms with Crippen LogP contribution in [0.1, 0.15) is 37.9 Å². The number of anilines is 1. The summed E-state index contributed by atoms with van der Waals surface area (Å²) in [6.07, 6.45) is 7.82. The first-order chi connectivity index (χ1) is 6.34. The lowest BCUT2D eigenvalue weighted by atomic mass is 9.87. The Kier molecular flexibility index (Phi) is 2.47. The highest BCUT2D eigenvalue weighted by Crippen LogP contribution is 2.25. The van der Waals surface area contributed by atoms with Gasteiger partial charge in [0.1, 0.15) is 5.82 Å². The van der Waals surface area contributed by atoms with Crippen molar-refractivity contribution in [2.45, 2.75) is 38.5 Å². The molecule has 13 heavy (non-hydrogen) atoms. The van der Waals surface area contributed by atoms with Crippen LogP contribution >= 0.6 is 0 Å². The topological polar surface area (TPSA) is 67.6 Å². The molecule has 1 aromatic heterocycles. The summed E-state index contributed by atoms with van der Waals surface area (Å²) < 4.78 is 0. The number of nitrogen functional groups attached to an aromatic ring is 1. The Balaban J connectivity index is 1.89. The molecule has 1 heterocycles. The third kappa shape index (κ3) is 2.20. The molecular formula is C9H16N4. The van der Waals surface area contributed by atoms with E-state index in [1.807, 2.05) is 0 Å². The van der Waals surface area contributed by atoms with Crippen LogP contribution < -0.4 is 5.73 Å². The standard InChI is InChI=1S/C9H16N4/c10-9-11-8(12-13-9)6-7-4-2-1-3-5-7/h7H,1-6H2,(H3,10,11,12,13). The van der Waals surface area contributed by atoms with E-state index in [4.69, 9.17) is 5.73 Å². The number of hydrogen-bond acceptors (Lipinski definition) is 3. The Bertz CT molecular complexity index is 262. The van der Waals surface area contributed by atoms with Gasteiger partial charge in [-0.05, 0) is 5.92 Å². The minimum atomic E-state index is 0.366. The summed E-state index contributed by atoms with van der Waals surface area (Å²) in [4.78, 5) is 4.12. The zero-order chi connectivity index (χ0) is 9.10. The number of rotatable bonds is 2. The lowest BCUT2D eigenvalue weighted by molar-refractivity contribution is 0.352. The molecule has 0 radical (unpaired) electrons. The highest BCUT2D eigenvalue weighted by atomic mass is 15.3. The van der Waals surface area contributed by atoms with Gasteiger partial charge in [0.25, 0.3) is 0 Å². The van der Waals surface area contributed by atoms with Gasteiger partial charge >= 0.3 is 0 Å². The number of nitrogens with two attached hydrogens (primary N) is 1. The Hall–Kier alpha value is -1.06. The van der Waals surface area contributed by atoms with Crippen LogP contribution in [0.2, 0.25) is 0 Å². The number of nitrogens with one attached hydrogen (secondary N) is 1. The summed E-state index contributed by atoms with van der Waals surface area (Å²) >= 11 is 0. The zero-order valence-electron chi connectivity index (χ0n) is 7.79. The largest absolute Gasteiger partial charge is 0.367 e. The van der Waals surface area contributed by atoms with E-state index in [1.165, 1.54) is 32.1 Å². The third-order valence-electron chi connectivity index (χ3n) is 2.76. The van der Waals surface area contributed by atoms with Crippen LogP contribution in [-0.4, -0.2) is 15.2 Å². The van der Waals surface area contributed by atoms with Gasteiger partial charge in [0.15, 0.2) is 0 Å². The van der Waals surface area contributed by atoms with E-state index >= 15 is 0 Å². The average molecular weight is 180 g/mol. The molecule has 2 rings (SSSR count). The molecule has 0 bridgehead atoms. The Morgan fingerprint density at radius 1 is 1.31 bits per heavy atom. The van der Waals surface area contributed by atoms with Crippen molar-refractivity contribution in [3.63, 3.8) is 0 Å². The van der Waals surface area contributed by atoms with Crippen molar-refractivity contribution in [1.29, 1.82) is 0 Å². The molecule has 0 spiro atoms. The van der Waals surface area contributed by atoms with Crippen molar-refractivity contribution in [2.75, 3.05) is 5.73 Å². The first kappa shape index (κ1) is 8.53. The second-order valence-corrected chi connectivity index (χ2v) is 3.85. The number of aromatic amines is 1. The quantitative estimate of drug-likeness (QED) is 0.725. The summed E-state index contributed by atoms with van der Waals surface area (Å²) in [5.41, 5.74) is 5.43. The molecule has 0 aliphatic heterocycles. The third-order valence-corrected chi connectivity index (χ3v) is 2.76. The summed E-state index contributed by atoms with van der Waals surface area (Å²) in [5, 5.41) is 6.69. The summed E-state index contributed by atoms with van der Waals surface area (Å²) in [5.74, 6) is 2.11. The fourth-order valence-electron chi connectivity index (χ4n) is 2.07. The predicted octanol–water partition coefficient (Wildman–Crippen LogP) is 1.51. The van der Waals surface area contributed by atoms with Crippen molar-refractivity contribution in [3.8, 4) is 0 Å². The van der Waals surface area contributed by atoms with E-state index in [0.717, 1.165) is 18.2 Å². The average Bonchev–Trinajstić information content (AvgIpc) is 2.53. The molecular weight excluding hydrogens is 164 g/mol. The second-order valence-electron chi connectivity index (χ2n) is 3.85. The number of nitrogens with zero attached hydrogens (tertiary/aromatic N) is 2. The first-order valence-electron chi connectivity index (χ1n) is 5.01. The van der Waals surface area contributed by atoms with Gasteiger partial charge < -0.3 is 5.73 Å². The van der Waals surface area contributed by atoms with Crippen molar-refractivity contribution in [3.05, 3.63) is 5.82 Å². The van der Waals surface area contributed by atoms with Crippen molar-refractivity contribution >= 4 is 5.95 Å². The maximum Gasteiger partial charge on any atom is 0.239 e. The highest BCUT2D eigenvalue weighted by Gasteiger charge is 2.15. The molecule has 1 saturated carbocycles. The van der Waals surface area contributed by atoms with Crippen LogP contribution in [0.15, 0.2) is 0 Å². The summed E-state index contributed by atoms with van der Waals surface area (Å²) in [6.45, 7) is 0. The van der Waals surface area contributed by atoms with Gasteiger partial charge in [0.2, 0.25) is 5.95 Å². The molecule has 0 aromatic carbocycles. The van der Waals surface area contributed by atoms with Crippen molar-refractivity contribution < 1.29 is 0 Å². The summed E-state index contributed by atoms with van der Waals surface area (Å²) in [6, 6.07) is 0. The molecule has 4 nitrogen and oxygen atoms in total. The molecule has 3 N–H and O–H groups in total. The van der Waals surface area contributed by atoms with Crippen LogP contribution in [-0.2, 0) is 6.42 Å². The predicted molar refractivity (Wildman–Crippen MR) is 51.1 cm³/mol. The van der Waals surface area contributed by atoms with Gasteiger partial charge in [-0.3, -0.25) is 5.10 Å². The van der Waals surface area contributed by atoms with Gasteiger partial charge in [0.05, 0.1) is 0 Å². The van der Waals surface area contributed by atoms with Gasteiger partial charge in [-0.2, -0.15) is 4.98 Å². The number of hydrogen-bond donors (Lipinski definition) is 2. The molecule has 0 amide bonds. The van der Waals surface area contributed by atoms with Gasteiger partial charge in [-0.25, -0.2) is 0 Å². The highest BCUT2D eigenvalue weighted by molar-refractivity contribution is 5.12. The molecule has 0 unspecified atom stereocenters. The molecule has 0 atom stereocenters. The Labute approximate surface area is 77.9 Å². The minimum absolute atomic E-state index is 0.366. The van der Waals surface area contributed by atoms with Crippen LogP contribution in [0.4, 0.5) is 5.95 Å². The van der Waals surface area contributed by atoms with Crippen LogP contribution in [0, 0.1) is 5.92 Å². The number of H-pyrrole nitrogens is 1. The molecule has 0 saturated heterocycles. The zero-order valence-corrected chi connectivity index (χ0v) is 7.79. The molecule has 72 valence electrons. The van der Waals surface area contributed by atoms with Crippen molar-refractivity contribution in [1.82, 2.24) is 15.2 Å². The normalized spacial score (nSPS) is 19.1. The van der Waals surface area contributed by atoms with Crippen LogP contribution in [0.25, 0.3) is 0 Å². The van der Waals surface area contributed by atoms with E-state index < -0.39 is 0 Å². The van der Waals surface area contributed by atoms with Gasteiger partial charge in [-0.15, -0.1) is 5.10 Å². The Morgan fingerprint density at radius 2 is 2.08 bits per heavy atom. The van der Waals surface area contributed by atoms with E-state index in [1.54, 1.807) is 0 Å². The second kappa shape index (κ2) is 3.77. The summed E-state index contributed by atoms with van der Waals surface area (Å²) in [7, 11) is 0. The fourth-order valence-corrected chi connectivity index (χ4v) is 2.07. The lowest BCUT2D eigenvalue weighted by Gasteiger charge is -2.19. The smallest absolute Gasteiger partial charge is 0.239 e. The SMILES string of the molecule is Nc1n[nH]c(CC2CCCCC2)n1. The van der Waals surface area contributed by atoms with Crippen LogP contribution in [0.5, 0.6) is 0 Å². The maximum absolute atomic E-state index is 5.43.